The number of nitrogens with one attached hydrogen (secondary N) is 2. The minimum Gasteiger partial charge on any atom is -0.506 e. The molecule has 0 amide bonds. The molecule has 0 saturated heterocycles. The molecule has 164 valence electrons. The van der Waals surface area contributed by atoms with Gasteiger partial charge in [-0.15, -0.1) is 0 Å². The molecule has 1 aromatic carbocycles. The fourth-order valence-electron chi connectivity index (χ4n) is 3.93. The maximum Gasteiger partial charge on any atom is 0.345 e. The number of ether oxygens (including phenoxy) is 1. The summed E-state index contributed by atoms with van der Waals surface area (Å²) in [5.74, 6) is -1.38. The summed E-state index contributed by atoms with van der Waals surface area (Å²) in [5, 5.41) is 24.3. The van der Waals surface area contributed by atoms with Gasteiger partial charge < -0.3 is 29.8 Å². The van der Waals surface area contributed by atoms with Crippen LogP contribution in [-0.4, -0.2) is 37.9 Å². The molecular weight excluding hydrogens is 398 g/mol. The lowest BCUT2D eigenvalue weighted by atomic mass is 9.99. The molecule has 4 N–H and O–H groups in total. The number of aromatic hydroxyl groups is 1. The number of aromatic carboxylic acids is 1. The summed E-state index contributed by atoms with van der Waals surface area (Å²) < 4.78 is 8.03. The van der Waals surface area contributed by atoms with Gasteiger partial charge >= 0.3 is 5.97 Å². The quantitative estimate of drug-likeness (QED) is 0.499. The van der Waals surface area contributed by atoms with Gasteiger partial charge in [0.15, 0.2) is 5.56 Å². The van der Waals surface area contributed by atoms with Crippen LogP contribution in [0.3, 0.4) is 0 Å². The largest absolute Gasteiger partial charge is 0.506 e. The molecule has 31 heavy (non-hydrogen) atoms. The van der Waals surface area contributed by atoms with E-state index in [0.717, 1.165) is 23.0 Å². The number of nitrogens with zero attached hydrogens (tertiary/aromatic N) is 1. The van der Waals surface area contributed by atoms with Gasteiger partial charge in [0.25, 0.3) is 5.56 Å². The molecule has 0 unspecified atom stereocenters. The molecule has 0 bridgehead atoms. The van der Waals surface area contributed by atoms with Gasteiger partial charge in [0, 0.05) is 53.8 Å². The lowest BCUT2D eigenvalue weighted by Crippen LogP contribution is -2.38. The number of fused-ring (bicyclic) bond motifs is 4. The van der Waals surface area contributed by atoms with E-state index in [4.69, 9.17) is 4.74 Å². The number of H-pyrrole nitrogens is 1. The van der Waals surface area contributed by atoms with Crippen molar-refractivity contribution in [2.24, 2.45) is 7.05 Å². The van der Waals surface area contributed by atoms with E-state index in [1.54, 1.807) is 0 Å². The molecule has 0 saturated carbocycles. The molecule has 8 nitrogen and oxygen atoms in total. The zero-order valence-corrected chi connectivity index (χ0v) is 18.1. The van der Waals surface area contributed by atoms with Crippen LogP contribution in [0.4, 0.5) is 0 Å². The first-order chi connectivity index (χ1) is 14.6. The highest BCUT2D eigenvalue weighted by Crippen LogP contribution is 2.40. The van der Waals surface area contributed by atoms with Crippen LogP contribution in [0, 0.1) is 0 Å². The Morgan fingerprint density at radius 3 is 2.74 bits per heavy atom. The Hall–Kier alpha value is -3.26. The van der Waals surface area contributed by atoms with E-state index in [9.17, 15) is 19.8 Å². The second kappa shape index (κ2) is 7.46. The summed E-state index contributed by atoms with van der Waals surface area (Å²) in [6, 6.07) is 5.93. The van der Waals surface area contributed by atoms with Gasteiger partial charge in [-0.2, -0.15) is 0 Å². The van der Waals surface area contributed by atoms with Crippen LogP contribution in [0.1, 0.15) is 48.8 Å². The van der Waals surface area contributed by atoms with Crippen molar-refractivity contribution in [2.75, 3.05) is 6.61 Å². The second-order valence-corrected chi connectivity index (χ2v) is 8.63. The van der Waals surface area contributed by atoms with Gasteiger partial charge in [-0.25, -0.2) is 4.79 Å². The molecule has 0 fully saturated rings. The van der Waals surface area contributed by atoms with Crippen molar-refractivity contribution in [3.05, 3.63) is 45.4 Å². The number of rotatable bonds is 5. The fraction of sp³-hybridized carbons (Fsp3) is 0.391. The standard InChI is InChI=1S/C23H27N3O5/c1-5-23(2,3)24-11-13-8-12-9-15-17(10-16(12)26(13)4)31-7-6-14-19(15)25-21(28)18(20(14)27)22(29)30/h8-10,24H,5-7,11H2,1-4H3,(H,29,30)(H2,25,27,28). The molecule has 2 aromatic heterocycles. The summed E-state index contributed by atoms with van der Waals surface area (Å²) in [7, 11) is 2.00. The van der Waals surface area contributed by atoms with Crippen molar-refractivity contribution in [3.63, 3.8) is 0 Å². The average molecular weight is 425 g/mol. The van der Waals surface area contributed by atoms with Crippen LogP contribution < -0.4 is 15.6 Å². The maximum atomic E-state index is 12.4. The molecule has 8 heteroatoms. The summed E-state index contributed by atoms with van der Waals surface area (Å²) in [5.41, 5.74) is 2.04. The van der Waals surface area contributed by atoms with Crippen LogP contribution in [0.2, 0.25) is 0 Å². The van der Waals surface area contributed by atoms with Crippen LogP contribution in [0.5, 0.6) is 11.5 Å². The Labute approximate surface area is 179 Å². The highest BCUT2D eigenvalue weighted by atomic mass is 16.5. The van der Waals surface area contributed by atoms with Crippen molar-refractivity contribution in [1.29, 1.82) is 0 Å². The molecule has 0 spiro atoms. The number of aryl methyl sites for hydroxylation is 1. The number of carboxylic acids is 1. The van der Waals surface area contributed by atoms with E-state index < -0.39 is 22.8 Å². The van der Waals surface area contributed by atoms with Gasteiger partial charge in [-0.05, 0) is 32.4 Å². The first kappa shape index (κ1) is 21.0. The van der Waals surface area contributed by atoms with Crippen LogP contribution in [-0.2, 0) is 20.0 Å². The van der Waals surface area contributed by atoms with Gasteiger partial charge in [0.1, 0.15) is 11.5 Å². The maximum absolute atomic E-state index is 12.4. The number of aromatic amines is 1. The second-order valence-electron chi connectivity index (χ2n) is 8.63. The normalized spacial score (nSPS) is 13.4. The SMILES string of the molecule is CCC(C)(C)NCc1cc2cc3c(cc2n1C)OCCc1c-3[nH]c(=O)c(C(=O)O)c1O. The van der Waals surface area contributed by atoms with Crippen LogP contribution in [0.15, 0.2) is 23.0 Å². The molecule has 4 rings (SSSR count). The van der Waals surface area contributed by atoms with Crippen LogP contribution >= 0.6 is 0 Å². The molecule has 3 aromatic rings. The van der Waals surface area contributed by atoms with Crippen molar-refractivity contribution in [1.82, 2.24) is 14.9 Å². The van der Waals surface area contributed by atoms with Crippen molar-refractivity contribution in [2.45, 2.75) is 45.7 Å². The van der Waals surface area contributed by atoms with E-state index in [0.29, 0.717) is 29.1 Å². The molecule has 0 atom stereocenters. The molecule has 1 aliphatic rings. The summed E-state index contributed by atoms with van der Waals surface area (Å²) in [6.07, 6.45) is 1.29. The van der Waals surface area contributed by atoms with E-state index >= 15 is 0 Å². The fourth-order valence-corrected chi connectivity index (χ4v) is 3.93. The molecule has 1 aliphatic heterocycles. The molecular formula is C23H27N3O5. The van der Waals surface area contributed by atoms with Gasteiger partial charge in [-0.3, -0.25) is 4.79 Å². The van der Waals surface area contributed by atoms with Crippen molar-refractivity contribution in [3.8, 4) is 22.8 Å². The number of carboxylic acid groups (broad SMARTS) is 1. The third-order valence-corrected chi connectivity index (χ3v) is 6.26. The molecule has 0 aliphatic carbocycles. The van der Waals surface area contributed by atoms with Gasteiger partial charge in [-0.1, -0.05) is 6.92 Å². The zero-order chi connectivity index (χ0) is 22.5. The number of carbonyl (C=O) groups is 1. The average Bonchev–Trinajstić information content (AvgIpc) is 2.90. The third-order valence-electron chi connectivity index (χ3n) is 6.26. The number of hydrogen-bond donors (Lipinski definition) is 4. The molecule has 0 radical (unpaired) electrons. The van der Waals surface area contributed by atoms with E-state index in [2.05, 4.69) is 41.7 Å². The van der Waals surface area contributed by atoms with Crippen molar-refractivity contribution < 1.29 is 19.7 Å². The van der Waals surface area contributed by atoms with Crippen molar-refractivity contribution >= 4 is 16.9 Å². The first-order valence-electron chi connectivity index (χ1n) is 10.3. The number of benzene rings is 1. The van der Waals surface area contributed by atoms with Gasteiger partial charge in [0.05, 0.1) is 17.8 Å². The van der Waals surface area contributed by atoms with E-state index in [1.807, 2.05) is 19.2 Å². The summed E-state index contributed by atoms with van der Waals surface area (Å²) in [6.45, 7) is 7.43. The van der Waals surface area contributed by atoms with E-state index in [-0.39, 0.29) is 18.6 Å². The third kappa shape index (κ3) is 3.57. The summed E-state index contributed by atoms with van der Waals surface area (Å²) >= 11 is 0. The Morgan fingerprint density at radius 2 is 2.06 bits per heavy atom. The van der Waals surface area contributed by atoms with Crippen LogP contribution in [0.25, 0.3) is 22.2 Å². The minimum atomic E-state index is -1.46. The predicted molar refractivity (Wildman–Crippen MR) is 118 cm³/mol. The predicted octanol–water partition coefficient (Wildman–Crippen LogP) is 3.15. The Bertz CT molecular complexity index is 1250. The smallest absolute Gasteiger partial charge is 0.345 e. The Morgan fingerprint density at radius 1 is 1.32 bits per heavy atom. The van der Waals surface area contributed by atoms with E-state index in [1.165, 1.54) is 0 Å². The zero-order valence-electron chi connectivity index (χ0n) is 18.1. The highest BCUT2D eigenvalue weighted by molar-refractivity contribution is 5.94. The monoisotopic (exact) mass is 425 g/mol. The lowest BCUT2D eigenvalue weighted by Gasteiger charge is -2.24. The first-order valence-corrected chi connectivity index (χ1v) is 10.3. The number of aromatic nitrogens is 2. The van der Waals surface area contributed by atoms with Gasteiger partial charge in [0.2, 0.25) is 0 Å². The minimum absolute atomic E-state index is 0.0223. The highest BCUT2D eigenvalue weighted by Gasteiger charge is 2.27. The number of hydrogen-bond acceptors (Lipinski definition) is 5. The lowest BCUT2D eigenvalue weighted by molar-refractivity contribution is 0.0691. The Balaban J connectivity index is 1.86. The summed E-state index contributed by atoms with van der Waals surface area (Å²) in [4.78, 5) is 26.4. The Kier molecular flexibility index (Phi) is 5.05. The topological polar surface area (TPSA) is 117 Å². The number of pyridine rings is 1. The molecule has 3 heterocycles.